The summed E-state index contributed by atoms with van der Waals surface area (Å²) < 4.78 is 4.56. The summed E-state index contributed by atoms with van der Waals surface area (Å²) in [5.41, 5.74) is 7.14. The highest BCUT2D eigenvalue weighted by Crippen LogP contribution is 2.42. The second-order valence-corrected chi connectivity index (χ2v) is 12.6. The average Bonchev–Trinajstić information content (AvgIpc) is 3.58. The molecule has 1 aromatic heterocycles. The van der Waals surface area contributed by atoms with E-state index in [9.17, 15) is 0 Å². The van der Waals surface area contributed by atoms with Crippen LogP contribution in [-0.4, -0.2) is 4.57 Å². The summed E-state index contributed by atoms with van der Waals surface area (Å²) in [4.78, 5) is 0. The zero-order chi connectivity index (χ0) is 31.5. The second kappa shape index (κ2) is 14.2. The van der Waals surface area contributed by atoms with Crippen LogP contribution in [0.3, 0.4) is 0 Å². The van der Waals surface area contributed by atoms with Gasteiger partial charge in [0.15, 0.2) is 11.6 Å². The van der Waals surface area contributed by atoms with Gasteiger partial charge in [-0.25, -0.2) is 9.13 Å². The van der Waals surface area contributed by atoms with Crippen molar-refractivity contribution < 1.29 is 17.0 Å². The molecular formula is C41H30Cl4N2. The van der Waals surface area contributed by atoms with Crippen molar-refractivity contribution in [3.05, 3.63) is 219 Å². The molecule has 2 nitrogen and oxygen atoms in total. The van der Waals surface area contributed by atoms with Crippen molar-refractivity contribution in [1.29, 1.82) is 0 Å². The first kappa shape index (κ1) is 32.6. The van der Waals surface area contributed by atoms with E-state index in [-0.39, 0.29) is 18.4 Å². The SMILES string of the molecule is Clc1ccc(C(c2ccc(Cl)cc2)(c2ccc(Cl)cc2)n2cc[n+](C(c3ccccc3)c3ccc(-c4ccccc4)cc3)c2)cc1.[Cl-]. The van der Waals surface area contributed by atoms with Gasteiger partial charge in [0.1, 0.15) is 12.4 Å². The van der Waals surface area contributed by atoms with Crippen LogP contribution < -0.4 is 17.0 Å². The standard InChI is InChI=1S/C41H30Cl3N2.ClH/c42-37-21-15-34(16-22-37)41(35-17-23-38(43)24-18-35,36-19-25-39(44)26-20-36)46-28-27-45(29-46)40(32-9-5-2-6-10-32)33-13-11-31(12-14-33)30-7-3-1-4-8-30;/h1-29,40H;1H/q+1;/p-1. The van der Waals surface area contributed by atoms with Gasteiger partial charge >= 0.3 is 0 Å². The molecule has 7 aromatic rings. The highest BCUT2D eigenvalue weighted by Gasteiger charge is 2.43. The molecule has 1 heterocycles. The van der Waals surface area contributed by atoms with E-state index >= 15 is 0 Å². The van der Waals surface area contributed by atoms with Crippen molar-refractivity contribution in [2.75, 3.05) is 0 Å². The highest BCUT2D eigenvalue weighted by atomic mass is 35.5. The van der Waals surface area contributed by atoms with E-state index < -0.39 is 5.54 Å². The minimum absolute atomic E-state index is 0. The van der Waals surface area contributed by atoms with Crippen LogP contribution in [-0.2, 0) is 5.54 Å². The first-order chi connectivity index (χ1) is 22.5. The van der Waals surface area contributed by atoms with Crippen LogP contribution in [0.2, 0.25) is 15.1 Å². The van der Waals surface area contributed by atoms with Crippen molar-refractivity contribution in [1.82, 2.24) is 4.57 Å². The maximum atomic E-state index is 6.43. The number of aromatic nitrogens is 2. The lowest BCUT2D eigenvalue weighted by Gasteiger charge is -2.33. The summed E-state index contributed by atoms with van der Waals surface area (Å²) in [5.74, 6) is 0. The Morgan fingerprint density at radius 1 is 0.468 bits per heavy atom. The Balaban J connectivity index is 0.00000386. The molecule has 0 aliphatic carbocycles. The van der Waals surface area contributed by atoms with Gasteiger partial charge in [-0.15, -0.1) is 0 Å². The maximum Gasteiger partial charge on any atom is 0.245 e. The molecule has 47 heavy (non-hydrogen) atoms. The zero-order valence-electron chi connectivity index (χ0n) is 25.2. The molecule has 0 amide bonds. The summed E-state index contributed by atoms with van der Waals surface area (Å²) in [7, 11) is 0. The van der Waals surface area contributed by atoms with Crippen LogP contribution in [0, 0.1) is 0 Å². The fraction of sp³-hybridized carbons (Fsp3) is 0.0488. The van der Waals surface area contributed by atoms with Crippen LogP contribution in [0.15, 0.2) is 176 Å². The van der Waals surface area contributed by atoms with E-state index in [0.29, 0.717) is 15.1 Å². The Labute approximate surface area is 296 Å². The molecular weight excluding hydrogens is 662 g/mol. The molecule has 7 rings (SSSR count). The minimum atomic E-state index is -0.760. The van der Waals surface area contributed by atoms with E-state index in [1.807, 2.05) is 42.5 Å². The summed E-state index contributed by atoms with van der Waals surface area (Å²) in [6, 6.07) is 54.1. The van der Waals surface area contributed by atoms with Crippen LogP contribution in [0.5, 0.6) is 0 Å². The van der Waals surface area contributed by atoms with E-state index in [1.54, 1.807) is 0 Å². The zero-order valence-corrected chi connectivity index (χ0v) is 28.3. The van der Waals surface area contributed by atoms with E-state index in [0.717, 1.165) is 16.7 Å². The lowest BCUT2D eigenvalue weighted by molar-refractivity contribution is -0.704. The van der Waals surface area contributed by atoms with Crippen LogP contribution in [0.25, 0.3) is 11.1 Å². The normalized spacial score (nSPS) is 11.9. The molecule has 0 N–H and O–H groups in total. The van der Waals surface area contributed by atoms with Crippen molar-refractivity contribution in [2.45, 2.75) is 11.6 Å². The van der Waals surface area contributed by atoms with Crippen molar-refractivity contribution in [2.24, 2.45) is 0 Å². The first-order valence-electron chi connectivity index (χ1n) is 15.1. The first-order valence-corrected chi connectivity index (χ1v) is 16.2. The third-order valence-corrected chi connectivity index (χ3v) is 9.33. The van der Waals surface area contributed by atoms with Gasteiger partial charge in [-0.05, 0) is 47.5 Å². The fourth-order valence-corrected chi connectivity index (χ4v) is 6.78. The maximum absolute atomic E-state index is 6.43. The Kier molecular flexibility index (Phi) is 9.87. The van der Waals surface area contributed by atoms with Gasteiger partial charge < -0.3 is 12.4 Å². The smallest absolute Gasteiger partial charge is 0.245 e. The van der Waals surface area contributed by atoms with Crippen LogP contribution in [0.4, 0.5) is 0 Å². The summed E-state index contributed by atoms with van der Waals surface area (Å²) in [5, 5.41) is 2.03. The van der Waals surface area contributed by atoms with E-state index in [1.165, 1.54) is 22.3 Å². The average molecular weight is 693 g/mol. The number of halogens is 4. The Morgan fingerprint density at radius 2 is 0.872 bits per heavy atom. The molecule has 0 bridgehead atoms. The Bertz CT molecular complexity index is 1930. The van der Waals surface area contributed by atoms with Crippen LogP contribution in [0.1, 0.15) is 33.9 Å². The topological polar surface area (TPSA) is 8.81 Å². The quantitative estimate of drug-likeness (QED) is 0.113. The Hall–Kier alpha value is -4.31. The number of hydrogen-bond acceptors (Lipinski definition) is 0. The van der Waals surface area contributed by atoms with Crippen molar-refractivity contribution in [3.63, 3.8) is 0 Å². The molecule has 232 valence electrons. The largest absolute Gasteiger partial charge is 1.00 e. The number of hydrogen-bond donors (Lipinski definition) is 0. The predicted molar refractivity (Wildman–Crippen MR) is 190 cm³/mol. The summed E-state index contributed by atoms with van der Waals surface area (Å²) in [6.07, 6.45) is 6.49. The van der Waals surface area contributed by atoms with Gasteiger partial charge in [-0.3, -0.25) is 0 Å². The third kappa shape index (κ3) is 6.48. The van der Waals surface area contributed by atoms with Gasteiger partial charge in [0, 0.05) is 42.9 Å². The second-order valence-electron chi connectivity index (χ2n) is 11.3. The minimum Gasteiger partial charge on any atom is -1.00 e. The third-order valence-electron chi connectivity index (χ3n) is 8.58. The number of imidazole rings is 1. The number of benzene rings is 6. The molecule has 0 saturated carbocycles. The van der Waals surface area contributed by atoms with Crippen molar-refractivity contribution >= 4 is 34.8 Å². The monoisotopic (exact) mass is 690 g/mol. The molecule has 6 heteroatoms. The molecule has 0 fully saturated rings. The van der Waals surface area contributed by atoms with E-state index in [4.69, 9.17) is 34.8 Å². The predicted octanol–water partition coefficient (Wildman–Crippen LogP) is 7.88. The molecule has 6 aromatic carbocycles. The number of nitrogens with zero attached hydrogens (tertiary/aromatic N) is 2. The molecule has 1 unspecified atom stereocenters. The van der Waals surface area contributed by atoms with Crippen LogP contribution >= 0.6 is 34.8 Å². The van der Waals surface area contributed by atoms with Gasteiger partial charge in [-0.2, -0.15) is 0 Å². The molecule has 0 aliphatic rings. The highest BCUT2D eigenvalue weighted by molar-refractivity contribution is 6.31. The molecule has 1 atom stereocenters. The summed E-state index contributed by atoms with van der Waals surface area (Å²) >= 11 is 19.3. The molecule has 0 aliphatic heterocycles. The van der Waals surface area contributed by atoms with E-state index in [2.05, 4.69) is 143 Å². The van der Waals surface area contributed by atoms with Gasteiger partial charge in [-0.1, -0.05) is 156 Å². The summed E-state index contributed by atoms with van der Waals surface area (Å²) in [6.45, 7) is 0. The van der Waals surface area contributed by atoms with Gasteiger partial charge in [0.2, 0.25) is 6.33 Å². The lowest BCUT2D eigenvalue weighted by atomic mass is 9.77. The van der Waals surface area contributed by atoms with Crippen molar-refractivity contribution in [3.8, 4) is 11.1 Å². The molecule has 0 spiro atoms. The van der Waals surface area contributed by atoms with Gasteiger partial charge in [0.25, 0.3) is 0 Å². The van der Waals surface area contributed by atoms with Gasteiger partial charge in [0.05, 0.1) is 0 Å². The Morgan fingerprint density at radius 3 is 1.34 bits per heavy atom. The molecule has 0 saturated heterocycles. The lowest BCUT2D eigenvalue weighted by Crippen LogP contribution is -3.00. The fourth-order valence-electron chi connectivity index (χ4n) is 6.40. The molecule has 0 radical (unpaired) electrons. The number of rotatable bonds is 8.